The molecular weight excluding hydrogens is 344 g/mol. The van der Waals surface area contributed by atoms with Crippen molar-refractivity contribution >= 4 is 23.6 Å². The molecule has 27 heavy (non-hydrogen) atoms. The minimum Gasteiger partial charge on any atom is -0.271 e. The first-order chi connectivity index (χ1) is 13.0. The number of amides is 4. The fraction of sp³-hybridized carbons (Fsp3) is 0.143. The van der Waals surface area contributed by atoms with Gasteiger partial charge in [-0.2, -0.15) is 0 Å². The summed E-state index contributed by atoms with van der Waals surface area (Å²) in [7, 11) is 0. The number of allylic oxidation sites excluding steroid dienone is 2. The summed E-state index contributed by atoms with van der Waals surface area (Å²) >= 11 is 0. The van der Waals surface area contributed by atoms with Crippen molar-refractivity contribution in [1.82, 2.24) is 9.80 Å². The summed E-state index contributed by atoms with van der Waals surface area (Å²) in [5, 5.41) is 0. The standard InChI is InChI=1S/C21H18N2O4/c1-3-4-9-15-14(2)18(24)22(19(15)25)12-7-8-13-23-20(26)16-10-5-6-11-17(16)21(23)27/h3-11H,1,12-13H2,2H3. The van der Waals surface area contributed by atoms with Crippen LogP contribution in [0.25, 0.3) is 0 Å². The predicted molar refractivity (Wildman–Crippen MR) is 99.7 cm³/mol. The summed E-state index contributed by atoms with van der Waals surface area (Å²) in [5.74, 6) is -1.42. The smallest absolute Gasteiger partial charge is 0.261 e. The van der Waals surface area contributed by atoms with Gasteiger partial charge in [0.2, 0.25) is 0 Å². The summed E-state index contributed by atoms with van der Waals surface area (Å²) in [6.07, 6.45) is 7.90. The molecule has 1 aromatic carbocycles. The Balaban J connectivity index is 1.63. The lowest BCUT2D eigenvalue weighted by atomic mass is 10.1. The van der Waals surface area contributed by atoms with Crippen LogP contribution >= 0.6 is 0 Å². The summed E-state index contributed by atoms with van der Waals surface area (Å²) in [6, 6.07) is 6.66. The molecule has 0 spiro atoms. The van der Waals surface area contributed by atoms with Gasteiger partial charge in [0, 0.05) is 24.2 Å². The van der Waals surface area contributed by atoms with E-state index in [1.165, 1.54) is 6.08 Å². The third-order valence-corrected chi connectivity index (χ3v) is 4.47. The third-order valence-electron chi connectivity index (χ3n) is 4.47. The summed E-state index contributed by atoms with van der Waals surface area (Å²) < 4.78 is 0. The Bertz CT molecular complexity index is 918. The Hall–Kier alpha value is -3.54. The summed E-state index contributed by atoms with van der Waals surface area (Å²) in [4.78, 5) is 51.4. The van der Waals surface area contributed by atoms with Crippen LogP contribution in [-0.4, -0.2) is 46.5 Å². The second kappa shape index (κ2) is 7.37. The van der Waals surface area contributed by atoms with Crippen molar-refractivity contribution in [2.75, 3.05) is 13.1 Å². The molecule has 2 aliphatic rings. The van der Waals surface area contributed by atoms with Crippen LogP contribution in [0.4, 0.5) is 0 Å². The molecular formula is C21H18N2O4. The van der Waals surface area contributed by atoms with Crippen molar-refractivity contribution in [1.29, 1.82) is 0 Å². The molecule has 6 heteroatoms. The second-order valence-electron chi connectivity index (χ2n) is 6.09. The Morgan fingerprint density at radius 3 is 1.89 bits per heavy atom. The monoisotopic (exact) mass is 362 g/mol. The SMILES string of the molecule is C=CC=CC1=C(C)C(=O)N(CC=CCN2C(=O)c3ccccc3C2=O)C1=O. The fourth-order valence-electron chi connectivity index (χ4n) is 3.01. The van der Waals surface area contributed by atoms with Gasteiger partial charge in [0.05, 0.1) is 11.1 Å². The van der Waals surface area contributed by atoms with E-state index in [-0.39, 0.29) is 36.7 Å². The normalized spacial score (nSPS) is 17.2. The van der Waals surface area contributed by atoms with Crippen LogP contribution in [0.2, 0.25) is 0 Å². The first-order valence-corrected chi connectivity index (χ1v) is 8.43. The lowest BCUT2D eigenvalue weighted by Crippen LogP contribution is -2.32. The minimum absolute atomic E-state index is 0.0730. The van der Waals surface area contributed by atoms with E-state index < -0.39 is 0 Å². The van der Waals surface area contributed by atoms with Crippen LogP contribution in [0, 0.1) is 0 Å². The molecule has 0 bridgehead atoms. The molecule has 3 rings (SSSR count). The van der Waals surface area contributed by atoms with Gasteiger partial charge >= 0.3 is 0 Å². The molecule has 2 heterocycles. The molecule has 0 saturated carbocycles. The molecule has 6 nitrogen and oxygen atoms in total. The van der Waals surface area contributed by atoms with Gasteiger partial charge in [0.15, 0.2) is 0 Å². The Kier molecular flexibility index (Phi) is 4.98. The molecule has 0 atom stereocenters. The number of rotatable bonds is 6. The highest BCUT2D eigenvalue weighted by Crippen LogP contribution is 2.23. The Morgan fingerprint density at radius 1 is 0.852 bits per heavy atom. The number of nitrogens with zero attached hydrogens (tertiary/aromatic N) is 2. The average molecular weight is 362 g/mol. The van der Waals surface area contributed by atoms with Gasteiger partial charge in [0.1, 0.15) is 0 Å². The Morgan fingerprint density at radius 2 is 1.37 bits per heavy atom. The van der Waals surface area contributed by atoms with Crippen molar-refractivity contribution in [2.45, 2.75) is 6.92 Å². The molecule has 0 aliphatic carbocycles. The summed E-state index contributed by atoms with van der Waals surface area (Å²) in [5.41, 5.74) is 1.50. The number of imide groups is 2. The molecule has 0 unspecified atom stereocenters. The van der Waals surface area contributed by atoms with E-state index in [9.17, 15) is 19.2 Å². The van der Waals surface area contributed by atoms with Crippen LogP contribution in [0.3, 0.4) is 0 Å². The third kappa shape index (κ3) is 3.17. The first-order valence-electron chi connectivity index (χ1n) is 8.43. The van der Waals surface area contributed by atoms with Gasteiger partial charge in [-0.15, -0.1) is 0 Å². The van der Waals surface area contributed by atoms with E-state index in [1.807, 2.05) is 0 Å². The highest BCUT2D eigenvalue weighted by Gasteiger charge is 2.35. The minimum atomic E-state index is -0.374. The van der Waals surface area contributed by atoms with E-state index in [2.05, 4.69) is 6.58 Å². The number of benzene rings is 1. The lowest BCUT2D eigenvalue weighted by Gasteiger charge is -2.13. The maximum Gasteiger partial charge on any atom is 0.261 e. The van der Waals surface area contributed by atoms with E-state index in [0.717, 1.165) is 9.80 Å². The molecule has 136 valence electrons. The van der Waals surface area contributed by atoms with Crippen molar-refractivity contribution in [2.24, 2.45) is 0 Å². The molecule has 1 aromatic rings. The zero-order valence-corrected chi connectivity index (χ0v) is 14.8. The van der Waals surface area contributed by atoms with Gasteiger partial charge in [-0.1, -0.05) is 43.0 Å². The van der Waals surface area contributed by atoms with E-state index in [4.69, 9.17) is 0 Å². The molecule has 0 N–H and O–H groups in total. The van der Waals surface area contributed by atoms with Gasteiger partial charge in [-0.3, -0.25) is 29.0 Å². The Labute approximate surface area is 156 Å². The quantitative estimate of drug-likeness (QED) is 0.442. The van der Waals surface area contributed by atoms with Crippen LogP contribution in [0.5, 0.6) is 0 Å². The highest BCUT2D eigenvalue weighted by atomic mass is 16.2. The number of fused-ring (bicyclic) bond motifs is 1. The molecule has 4 amide bonds. The molecule has 2 aliphatic heterocycles. The van der Waals surface area contributed by atoms with Crippen LogP contribution in [0.1, 0.15) is 27.6 Å². The van der Waals surface area contributed by atoms with Crippen molar-refractivity contribution in [3.63, 3.8) is 0 Å². The molecule has 0 fully saturated rings. The predicted octanol–water partition coefficient (Wildman–Crippen LogP) is 2.27. The zero-order valence-electron chi connectivity index (χ0n) is 14.8. The maximum absolute atomic E-state index is 12.3. The topological polar surface area (TPSA) is 74.8 Å². The van der Waals surface area contributed by atoms with Crippen molar-refractivity contribution in [3.8, 4) is 0 Å². The number of carbonyl (C=O) groups excluding carboxylic acids is 4. The van der Waals surface area contributed by atoms with Gasteiger partial charge in [0.25, 0.3) is 23.6 Å². The number of hydrogen-bond donors (Lipinski definition) is 0. The summed E-state index contributed by atoms with van der Waals surface area (Å²) in [6.45, 7) is 5.30. The number of hydrogen-bond acceptors (Lipinski definition) is 4. The van der Waals surface area contributed by atoms with Crippen molar-refractivity contribution in [3.05, 3.63) is 83.5 Å². The lowest BCUT2D eigenvalue weighted by molar-refractivity contribution is -0.136. The number of carbonyl (C=O) groups is 4. The van der Waals surface area contributed by atoms with Gasteiger partial charge < -0.3 is 0 Å². The highest BCUT2D eigenvalue weighted by molar-refractivity contribution is 6.21. The second-order valence-corrected chi connectivity index (χ2v) is 6.09. The van der Waals surface area contributed by atoms with Crippen LogP contribution in [-0.2, 0) is 9.59 Å². The first kappa shape index (κ1) is 18.3. The molecule has 0 radical (unpaired) electrons. The van der Waals surface area contributed by atoms with Crippen LogP contribution < -0.4 is 0 Å². The van der Waals surface area contributed by atoms with Crippen LogP contribution in [0.15, 0.2) is 72.4 Å². The van der Waals surface area contributed by atoms with Crippen molar-refractivity contribution < 1.29 is 19.2 Å². The zero-order chi connectivity index (χ0) is 19.6. The molecule has 0 aromatic heterocycles. The average Bonchev–Trinajstić information content (AvgIpc) is 3.03. The fourth-order valence-corrected chi connectivity index (χ4v) is 3.01. The maximum atomic E-state index is 12.3. The van der Waals surface area contributed by atoms with E-state index in [1.54, 1.807) is 55.5 Å². The van der Waals surface area contributed by atoms with E-state index in [0.29, 0.717) is 22.3 Å². The van der Waals surface area contributed by atoms with E-state index >= 15 is 0 Å². The van der Waals surface area contributed by atoms with Gasteiger partial charge in [-0.05, 0) is 25.1 Å². The van der Waals surface area contributed by atoms with Gasteiger partial charge in [-0.25, -0.2) is 0 Å². The molecule has 0 saturated heterocycles. The largest absolute Gasteiger partial charge is 0.271 e.